The summed E-state index contributed by atoms with van der Waals surface area (Å²) in [4.78, 5) is 25.6. The van der Waals surface area contributed by atoms with Gasteiger partial charge in [0, 0.05) is 17.5 Å². The average molecular weight is 279 g/mol. The van der Waals surface area contributed by atoms with Gasteiger partial charge in [0.15, 0.2) is 0 Å². The summed E-state index contributed by atoms with van der Waals surface area (Å²) in [5.74, 6) is -0.354. The molecule has 1 saturated carbocycles. The van der Waals surface area contributed by atoms with E-state index < -0.39 is 5.97 Å². The normalized spacial score (nSPS) is 14.2. The van der Waals surface area contributed by atoms with Crippen LogP contribution in [0.15, 0.2) is 29.2 Å². The number of aromatic carboxylic acids is 1. The minimum Gasteiger partial charge on any atom is -0.478 e. The monoisotopic (exact) mass is 279 g/mol. The average Bonchev–Trinajstić information content (AvgIpc) is 3.22. The zero-order valence-electron chi connectivity index (χ0n) is 10.8. The van der Waals surface area contributed by atoms with E-state index in [1.54, 1.807) is 24.3 Å². The quantitative estimate of drug-likeness (QED) is 0.813. The predicted octanol–water partition coefficient (Wildman–Crippen LogP) is 2.49. The van der Waals surface area contributed by atoms with Crippen molar-refractivity contribution >= 4 is 23.6 Å². The van der Waals surface area contributed by atoms with Crippen LogP contribution in [-0.4, -0.2) is 40.2 Å². The number of carboxylic acids is 1. The van der Waals surface area contributed by atoms with E-state index in [1.807, 2.05) is 11.8 Å². The van der Waals surface area contributed by atoms with Crippen LogP contribution >= 0.6 is 11.8 Å². The summed E-state index contributed by atoms with van der Waals surface area (Å²) in [5, 5.41) is 8.80. The third-order valence-corrected chi connectivity index (χ3v) is 4.11. The predicted molar refractivity (Wildman–Crippen MR) is 74.5 cm³/mol. The molecule has 5 heteroatoms. The fourth-order valence-corrected chi connectivity index (χ4v) is 2.73. The molecule has 1 aliphatic carbocycles. The maximum absolute atomic E-state index is 12.0. The molecule has 0 heterocycles. The van der Waals surface area contributed by atoms with E-state index >= 15 is 0 Å². The molecule has 19 heavy (non-hydrogen) atoms. The molecule has 0 spiro atoms. The van der Waals surface area contributed by atoms with Crippen LogP contribution in [0.3, 0.4) is 0 Å². The standard InChI is InChI=1S/C14H17NO3S/c1-2-15(11-5-6-11)13(16)9-19-12-7-3-10(4-8-12)14(17)18/h3-4,7-8,11H,2,5-6,9H2,1H3,(H,17,18). The van der Waals surface area contributed by atoms with Crippen LogP contribution in [0.1, 0.15) is 30.1 Å². The number of hydrogen-bond donors (Lipinski definition) is 1. The van der Waals surface area contributed by atoms with Crippen molar-refractivity contribution in [2.24, 2.45) is 0 Å². The summed E-state index contributed by atoms with van der Waals surface area (Å²) < 4.78 is 0. The second-order valence-corrected chi connectivity index (χ2v) is 5.58. The first-order valence-corrected chi connectivity index (χ1v) is 7.36. The number of carbonyl (C=O) groups is 2. The Morgan fingerprint density at radius 1 is 1.32 bits per heavy atom. The number of hydrogen-bond acceptors (Lipinski definition) is 3. The van der Waals surface area contributed by atoms with Gasteiger partial charge in [0.25, 0.3) is 0 Å². The Labute approximate surface area is 116 Å². The summed E-state index contributed by atoms with van der Waals surface area (Å²) in [6.07, 6.45) is 2.25. The van der Waals surface area contributed by atoms with Gasteiger partial charge in [-0.05, 0) is 44.0 Å². The molecule has 0 bridgehead atoms. The molecule has 1 N–H and O–H groups in total. The van der Waals surface area contributed by atoms with Crippen molar-refractivity contribution in [3.63, 3.8) is 0 Å². The Morgan fingerprint density at radius 2 is 1.95 bits per heavy atom. The maximum atomic E-state index is 12.0. The molecule has 1 fully saturated rings. The molecular weight excluding hydrogens is 262 g/mol. The van der Waals surface area contributed by atoms with E-state index in [1.165, 1.54) is 11.8 Å². The van der Waals surface area contributed by atoms with Crippen molar-refractivity contribution in [3.05, 3.63) is 29.8 Å². The molecule has 2 rings (SSSR count). The molecule has 0 atom stereocenters. The topological polar surface area (TPSA) is 57.6 Å². The molecule has 1 aromatic carbocycles. The molecule has 0 radical (unpaired) electrons. The van der Waals surface area contributed by atoms with Crippen molar-refractivity contribution in [1.82, 2.24) is 4.90 Å². The van der Waals surface area contributed by atoms with Crippen LogP contribution in [0.25, 0.3) is 0 Å². The van der Waals surface area contributed by atoms with Gasteiger partial charge in [-0.3, -0.25) is 4.79 Å². The van der Waals surface area contributed by atoms with Crippen molar-refractivity contribution in [3.8, 4) is 0 Å². The molecule has 0 aliphatic heterocycles. The van der Waals surface area contributed by atoms with Gasteiger partial charge < -0.3 is 10.0 Å². The smallest absolute Gasteiger partial charge is 0.335 e. The van der Waals surface area contributed by atoms with Crippen molar-refractivity contribution in [1.29, 1.82) is 0 Å². The minimum atomic E-state index is -0.932. The van der Waals surface area contributed by atoms with Crippen LogP contribution in [0.4, 0.5) is 0 Å². The van der Waals surface area contributed by atoms with Gasteiger partial charge in [0.05, 0.1) is 11.3 Å². The second kappa shape index (κ2) is 6.10. The summed E-state index contributed by atoms with van der Waals surface area (Å²) in [7, 11) is 0. The molecule has 102 valence electrons. The van der Waals surface area contributed by atoms with E-state index in [9.17, 15) is 9.59 Å². The Bertz CT molecular complexity index is 468. The third kappa shape index (κ3) is 3.73. The van der Waals surface area contributed by atoms with Crippen LogP contribution in [-0.2, 0) is 4.79 Å². The van der Waals surface area contributed by atoms with E-state index in [0.29, 0.717) is 11.8 Å². The molecule has 0 saturated heterocycles. The molecule has 0 aromatic heterocycles. The number of carbonyl (C=O) groups excluding carboxylic acids is 1. The van der Waals surface area contributed by atoms with Gasteiger partial charge in [0.2, 0.25) is 5.91 Å². The number of carboxylic acid groups (broad SMARTS) is 1. The molecular formula is C14H17NO3S. The van der Waals surface area contributed by atoms with Crippen LogP contribution in [0.5, 0.6) is 0 Å². The molecule has 1 amide bonds. The number of amides is 1. The first kappa shape index (κ1) is 13.9. The zero-order chi connectivity index (χ0) is 13.8. The molecule has 1 aromatic rings. The summed E-state index contributed by atoms with van der Waals surface area (Å²) >= 11 is 1.45. The van der Waals surface area contributed by atoms with Gasteiger partial charge in [-0.1, -0.05) is 0 Å². The van der Waals surface area contributed by atoms with Crippen molar-refractivity contribution in [2.75, 3.05) is 12.3 Å². The highest BCUT2D eigenvalue weighted by Crippen LogP contribution is 2.28. The number of nitrogens with zero attached hydrogens (tertiary/aromatic N) is 1. The Hall–Kier alpha value is -1.49. The number of thioether (sulfide) groups is 1. The van der Waals surface area contributed by atoms with Crippen LogP contribution < -0.4 is 0 Å². The summed E-state index contributed by atoms with van der Waals surface area (Å²) in [6, 6.07) is 7.07. The SMILES string of the molecule is CCN(C(=O)CSc1ccc(C(=O)O)cc1)C1CC1. The summed E-state index contributed by atoms with van der Waals surface area (Å²) in [6.45, 7) is 2.77. The highest BCUT2D eigenvalue weighted by molar-refractivity contribution is 8.00. The first-order chi connectivity index (χ1) is 9.11. The fourth-order valence-electron chi connectivity index (χ4n) is 1.95. The zero-order valence-corrected chi connectivity index (χ0v) is 11.7. The lowest BCUT2D eigenvalue weighted by Crippen LogP contribution is -2.34. The fraction of sp³-hybridized carbons (Fsp3) is 0.429. The Kier molecular flexibility index (Phi) is 4.47. The lowest BCUT2D eigenvalue weighted by Gasteiger charge is -2.19. The highest BCUT2D eigenvalue weighted by atomic mass is 32.2. The second-order valence-electron chi connectivity index (χ2n) is 4.53. The van der Waals surface area contributed by atoms with Crippen molar-refractivity contribution < 1.29 is 14.7 Å². The van der Waals surface area contributed by atoms with Crippen LogP contribution in [0, 0.1) is 0 Å². The lowest BCUT2D eigenvalue weighted by atomic mass is 10.2. The summed E-state index contributed by atoms with van der Waals surface area (Å²) in [5.41, 5.74) is 0.267. The molecule has 0 unspecified atom stereocenters. The Balaban J connectivity index is 1.87. The van der Waals surface area contributed by atoms with Gasteiger partial charge in [-0.15, -0.1) is 11.8 Å². The van der Waals surface area contributed by atoms with Gasteiger partial charge >= 0.3 is 5.97 Å². The first-order valence-electron chi connectivity index (χ1n) is 6.37. The highest BCUT2D eigenvalue weighted by Gasteiger charge is 2.30. The molecule has 4 nitrogen and oxygen atoms in total. The minimum absolute atomic E-state index is 0.164. The largest absolute Gasteiger partial charge is 0.478 e. The lowest BCUT2D eigenvalue weighted by molar-refractivity contribution is -0.128. The van der Waals surface area contributed by atoms with Gasteiger partial charge in [0.1, 0.15) is 0 Å². The van der Waals surface area contributed by atoms with Gasteiger partial charge in [-0.2, -0.15) is 0 Å². The van der Waals surface area contributed by atoms with Gasteiger partial charge in [-0.25, -0.2) is 4.79 Å². The van der Waals surface area contributed by atoms with E-state index in [4.69, 9.17) is 5.11 Å². The Morgan fingerprint density at radius 3 is 2.42 bits per heavy atom. The van der Waals surface area contributed by atoms with E-state index in [2.05, 4.69) is 0 Å². The van der Waals surface area contributed by atoms with Crippen molar-refractivity contribution in [2.45, 2.75) is 30.7 Å². The van der Waals surface area contributed by atoms with Crippen LogP contribution in [0.2, 0.25) is 0 Å². The van der Waals surface area contributed by atoms with E-state index in [0.717, 1.165) is 24.3 Å². The number of rotatable bonds is 6. The molecule has 1 aliphatic rings. The maximum Gasteiger partial charge on any atom is 0.335 e. The number of benzene rings is 1. The van der Waals surface area contributed by atoms with E-state index in [-0.39, 0.29) is 11.5 Å². The third-order valence-electron chi connectivity index (χ3n) is 3.11.